The minimum absolute atomic E-state index is 0.0279. The fourth-order valence-electron chi connectivity index (χ4n) is 9.83. The van der Waals surface area contributed by atoms with Crippen molar-refractivity contribution in [2.24, 2.45) is 0 Å². The number of phosphoric acid groups is 1. The number of ether oxygens (including phenoxy) is 2. The number of quaternary nitrogens is 1. The number of phosphoric ester groups is 1. The van der Waals surface area contributed by atoms with Crippen LogP contribution in [0, 0.1) is 0 Å². The van der Waals surface area contributed by atoms with Gasteiger partial charge in [-0.2, -0.15) is 0 Å². The monoisotopic (exact) mass is 1090 g/mol. The molecule has 450 valence electrons. The van der Waals surface area contributed by atoms with Gasteiger partial charge >= 0.3 is 11.9 Å². The third kappa shape index (κ3) is 61.7. The summed E-state index contributed by atoms with van der Waals surface area (Å²) in [7, 11) is 1.18. The number of nitrogens with zero attached hydrogens (tertiary/aromatic N) is 1. The third-order valence-electron chi connectivity index (χ3n) is 14.9. The lowest BCUT2D eigenvalue weighted by Gasteiger charge is -2.28. The third-order valence-corrected chi connectivity index (χ3v) is 15.9. The van der Waals surface area contributed by atoms with Crippen molar-refractivity contribution in [3.8, 4) is 0 Å². The molecule has 0 saturated heterocycles. The number of carbonyl (C=O) groups excluding carboxylic acids is 2. The minimum atomic E-state index is -4.64. The Balaban J connectivity index is 4.04. The van der Waals surface area contributed by atoms with Crippen LogP contribution in [0.25, 0.3) is 0 Å². The van der Waals surface area contributed by atoms with E-state index in [1.807, 2.05) is 21.1 Å². The van der Waals surface area contributed by atoms with Crippen molar-refractivity contribution in [3.63, 3.8) is 0 Å². The average Bonchev–Trinajstić information content (AvgIpc) is 3.38. The number of esters is 2. The molecular formula is C66H128NO8P. The Morgan fingerprint density at radius 3 is 0.974 bits per heavy atom. The highest BCUT2D eigenvalue weighted by atomic mass is 31.2. The lowest BCUT2D eigenvalue weighted by Crippen LogP contribution is -2.37. The van der Waals surface area contributed by atoms with Gasteiger partial charge in [0.1, 0.15) is 19.8 Å². The number of allylic oxidation sites excluding steroid dienone is 4. The molecule has 76 heavy (non-hydrogen) atoms. The van der Waals surface area contributed by atoms with Crippen LogP contribution < -0.4 is 4.89 Å². The maximum Gasteiger partial charge on any atom is 0.306 e. The van der Waals surface area contributed by atoms with Crippen molar-refractivity contribution in [3.05, 3.63) is 24.3 Å². The fraction of sp³-hybridized carbons (Fsp3) is 0.909. The molecule has 0 aromatic rings. The van der Waals surface area contributed by atoms with E-state index in [1.54, 1.807) is 0 Å². The summed E-state index contributed by atoms with van der Waals surface area (Å²) in [6, 6.07) is 0. The molecule has 0 heterocycles. The predicted molar refractivity (Wildman–Crippen MR) is 324 cm³/mol. The Labute approximate surface area is 472 Å². The molecule has 0 bridgehead atoms. The van der Waals surface area contributed by atoms with Gasteiger partial charge in [-0.3, -0.25) is 14.2 Å². The van der Waals surface area contributed by atoms with Crippen molar-refractivity contribution >= 4 is 19.8 Å². The first-order valence-electron chi connectivity index (χ1n) is 33.0. The van der Waals surface area contributed by atoms with Crippen LogP contribution in [-0.2, 0) is 32.7 Å². The van der Waals surface area contributed by atoms with Gasteiger partial charge in [0, 0.05) is 12.8 Å². The molecule has 0 rings (SSSR count). The lowest BCUT2D eigenvalue weighted by atomic mass is 10.0. The highest BCUT2D eigenvalue weighted by Crippen LogP contribution is 2.38. The fourth-order valence-corrected chi connectivity index (χ4v) is 10.6. The van der Waals surface area contributed by atoms with Gasteiger partial charge in [0.2, 0.25) is 0 Å². The van der Waals surface area contributed by atoms with E-state index in [0.717, 1.165) is 32.1 Å². The van der Waals surface area contributed by atoms with Crippen LogP contribution in [-0.4, -0.2) is 70.0 Å². The van der Waals surface area contributed by atoms with E-state index < -0.39 is 26.5 Å². The van der Waals surface area contributed by atoms with Gasteiger partial charge in [-0.25, -0.2) is 0 Å². The van der Waals surface area contributed by atoms with Gasteiger partial charge in [-0.1, -0.05) is 282 Å². The smallest absolute Gasteiger partial charge is 0.306 e. The normalized spacial score (nSPS) is 13.3. The Morgan fingerprint density at radius 2 is 0.671 bits per heavy atom. The number of likely N-dealkylation sites (N-methyl/N-ethyl adjacent to an activating group) is 1. The van der Waals surface area contributed by atoms with Crippen LogP contribution in [0.4, 0.5) is 0 Å². The van der Waals surface area contributed by atoms with Gasteiger partial charge in [0.15, 0.2) is 6.10 Å². The molecule has 2 atom stereocenters. The van der Waals surface area contributed by atoms with E-state index in [2.05, 4.69) is 38.2 Å². The second-order valence-corrected chi connectivity index (χ2v) is 25.2. The minimum Gasteiger partial charge on any atom is -0.756 e. The maximum atomic E-state index is 12.8. The Morgan fingerprint density at radius 1 is 0.395 bits per heavy atom. The largest absolute Gasteiger partial charge is 0.756 e. The van der Waals surface area contributed by atoms with Crippen LogP contribution in [0.2, 0.25) is 0 Å². The summed E-state index contributed by atoms with van der Waals surface area (Å²) in [6.07, 6.45) is 71.0. The molecule has 0 fully saturated rings. The Hall–Kier alpha value is -1.51. The van der Waals surface area contributed by atoms with Crippen molar-refractivity contribution in [2.45, 2.75) is 341 Å². The van der Waals surface area contributed by atoms with Crippen LogP contribution in [0.15, 0.2) is 24.3 Å². The standard InChI is InChI=1S/C66H128NO8P/c1-6-8-10-12-14-16-18-20-22-24-26-28-30-31-32-33-34-35-37-39-41-43-45-47-49-51-53-55-57-59-66(69)75-64(63-74-76(70,71)73-61-60-67(3,4)5)62-72-65(68)58-56-54-52-50-48-46-44-42-40-38-36-29-27-25-23-21-19-17-15-13-11-9-7-2/h24-27,64H,6-23,28-63H2,1-5H3/b26-24-,27-25-. The van der Waals surface area contributed by atoms with Crippen LogP contribution in [0.1, 0.15) is 335 Å². The van der Waals surface area contributed by atoms with Crippen LogP contribution in [0.5, 0.6) is 0 Å². The molecule has 0 aliphatic carbocycles. The van der Waals surface area contributed by atoms with Crippen molar-refractivity contribution < 1.29 is 42.1 Å². The summed E-state index contributed by atoms with van der Waals surface area (Å²) in [5.74, 6) is -0.815. The van der Waals surface area contributed by atoms with Crippen LogP contribution in [0.3, 0.4) is 0 Å². The van der Waals surface area contributed by atoms with Crippen molar-refractivity contribution in [1.29, 1.82) is 0 Å². The number of hydrogen-bond donors (Lipinski definition) is 0. The Kier molecular flexibility index (Phi) is 57.0. The predicted octanol–water partition coefficient (Wildman–Crippen LogP) is 20.3. The highest BCUT2D eigenvalue weighted by molar-refractivity contribution is 7.45. The van der Waals surface area contributed by atoms with Crippen LogP contribution >= 0.6 is 7.82 Å². The van der Waals surface area contributed by atoms with E-state index in [0.29, 0.717) is 17.4 Å². The quantitative estimate of drug-likeness (QED) is 0.0195. The number of rotatable bonds is 62. The summed E-state index contributed by atoms with van der Waals surface area (Å²) in [5, 5.41) is 0. The SMILES string of the molecule is CCCCCCCCCC/C=C\CCCCCCCCCCCCCCCCCCCC(=O)OC(COC(=O)CCCCCCCCCCCCC/C=C\CCCCCCCCCC)COP(=O)([O-])OCC[N+](C)(C)C. The van der Waals surface area contributed by atoms with Gasteiger partial charge < -0.3 is 27.9 Å². The summed E-state index contributed by atoms with van der Waals surface area (Å²) in [4.78, 5) is 38.0. The summed E-state index contributed by atoms with van der Waals surface area (Å²) >= 11 is 0. The number of hydrogen-bond acceptors (Lipinski definition) is 8. The first kappa shape index (κ1) is 74.5. The molecule has 0 aromatic heterocycles. The molecule has 0 aliphatic heterocycles. The number of carbonyl (C=O) groups is 2. The number of unbranched alkanes of at least 4 members (excludes halogenated alkanes) is 44. The summed E-state index contributed by atoms with van der Waals surface area (Å²) < 4.78 is 34.3. The lowest BCUT2D eigenvalue weighted by molar-refractivity contribution is -0.870. The molecule has 2 unspecified atom stereocenters. The molecule has 0 spiro atoms. The van der Waals surface area contributed by atoms with E-state index in [-0.39, 0.29) is 32.0 Å². The van der Waals surface area contributed by atoms with E-state index in [1.165, 1.54) is 270 Å². The summed E-state index contributed by atoms with van der Waals surface area (Å²) in [5.41, 5.74) is 0. The molecular weight excluding hydrogens is 966 g/mol. The van der Waals surface area contributed by atoms with E-state index in [4.69, 9.17) is 18.5 Å². The maximum absolute atomic E-state index is 12.8. The molecule has 0 aliphatic rings. The zero-order chi connectivity index (χ0) is 55.6. The summed E-state index contributed by atoms with van der Waals surface area (Å²) in [6.45, 7) is 4.30. The topological polar surface area (TPSA) is 111 Å². The molecule has 0 radical (unpaired) electrons. The second-order valence-electron chi connectivity index (χ2n) is 23.8. The zero-order valence-electron chi connectivity index (χ0n) is 51.2. The first-order chi connectivity index (χ1) is 37.0. The van der Waals surface area contributed by atoms with Gasteiger partial charge in [0.05, 0.1) is 27.7 Å². The van der Waals surface area contributed by atoms with Crippen molar-refractivity contribution in [1.82, 2.24) is 0 Å². The molecule has 0 N–H and O–H groups in total. The second kappa shape index (κ2) is 58.2. The molecule has 10 heteroatoms. The molecule has 0 saturated carbocycles. The van der Waals surface area contributed by atoms with E-state index >= 15 is 0 Å². The zero-order valence-corrected chi connectivity index (χ0v) is 52.1. The average molecular weight is 1090 g/mol. The van der Waals surface area contributed by atoms with Crippen molar-refractivity contribution in [2.75, 3.05) is 47.5 Å². The molecule has 9 nitrogen and oxygen atoms in total. The highest BCUT2D eigenvalue weighted by Gasteiger charge is 2.22. The van der Waals surface area contributed by atoms with E-state index in [9.17, 15) is 19.0 Å². The van der Waals surface area contributed by atoms with Gasteiger partial charge in [0.25, 0.3) is 7.82 Å². The van der Waals surface area contributed by atoms with Gasteiger partial charge in [-0.15, -0.1) is 0 Å². The first-order valence-corrected chi connectivity index (χ1v) is 34.5. The molecule has 0 aromatic carbocycles. The van der Waals surface area contributed by atoms with Gasteiger partial charge in [-0.05, 0) is 64.2 Å². The Bertz CT molecular complexity index is 1330. The molecule has 0 amide bonds.